The van der Waals surface area contributed by atoms with E-state index in [4.69, 9.17) is 4.74 Å². The number of nitrogens with one attached hydrogen (secondary N) is 1. The predicted molar refractivity (Wildman–Crippen MR) is 83.0 cm³/mol. The lowest BCUT2D eigenvalue weighted by atomic mass is 10.2. The predicted octanol–water partition coefficient (Wildman–Crippen LogP) is 2.26. The van der Waals surface area contributed by atoms with Crippen LogP contribution in [0, 0.1) is 0 Å². The molecule has 0 bridgehead atoms. The van der Waals surface area contributed by atoms with Crippen molar-refractivity contribution in [1.82, 2.24) is 5.32 Å². The largest absolute Gasteiger partial charge is 0.492 e. The fourth-order valence-corrected chi connectivity index (χ4v) is 2.59. The summed E-state index contributed by atoms with van der Waals surface area (Å²) < 4.78 is 28.0. The van der Waals surface area contributed by atoms with E-state index in [2.05, 4.69) is 12.2 Å². The van der Waals surface area contributed by atoms with Crippen molar-refractivity contribution in [3.63, 3.8) is 0 Å². The average molecular weight is 299 g/mol. The van der Waals surface area contributed by atoms with Crippen LogP contribution in [0.15, 0.2) is 30.3 Å². The van der Waals surface area contributed by atoms with Crippen molar-refractivity contribution < 1.29 is 13.2 Å². The zero-order chi connectivity index (χ0) is 14.8. The van der Waals surface area contributed by atoms with Crippen molar-refractivity contribution in [2.75, 3.05) is 25.2 Å². The van der Waals surface area contributed by atoms with Crippen LogP contribution >= 0.6 is 0 Å². The minimum Gasteiger partial charge on any atom is -0.492 e. The lowest BCUT2D eigenvalue weighted by molar-refractivity contribution is 0.256. The van der Waals surface area contributed by atoms with E-state index in [1.165, 1.54) is 6.26 Å². The minimum atomic E-state index is -2.88. The summed E-state index contributed by atoms with van der Waals surface area (Å²) in [5.41, 5.74) is 0. The van der Waals surface area contributed by atoms with Gasteiger partial charge in [0.15, 0.2) is 0 Å². The molecule has 0 saturated carbocycles. The zero-order valence-electron chi connectivity index (χ0n) is 12.3. The summed E-state index contributed by atoms with van der Waals surface area (Å²) in [7, 11) is -2.88. The van der Waals surface area contributed by atoms with Crippen LogP contribution in [0.4, 0.5) is 0 Å². The molecule has 1 aromatic rings. The van der Waals surface area contributed by atoms with Gasteiger partial charge in [-0.15, -0.1) is 0 Å². The van der Waals surface area contributed by atoms with Gasteiger partial charge < -0.3 is 10.1 Å². The molecule has 1 unspecified atom stereocenters. The highest BCUT2D eigenvalue weighted by molar-refractivity contribution is 7.90. The van der Waals surface area contributed by atoms with Gasteiger partial charge in [0, 0.05) is 18.1 Å². The topological polar surface area (TPSA) is 55.4 Å². The summed E-state index contributed by atoms with van der Waals surface area (Å²) in [6.07, 6.45) is 3.80. The molecule has 0 aliphatic rings. The molecule has 0 aliphatic carbocycles. The molecule has 0 amide bonds. The maximum atomic E-state index is 11.2. The summed E-state index contributed by atoms with van der Waals surface area (Å²) in [5.74, 6) is 1.08. The van der Waals surface area contributed by atoms with E-state index in [0.29, 0.717) is 13.0 Å². The first kappa shape index (κ1) is 17.0. The first-order valence-corrected chi connectivity index (χ1v) is 9.16. The third kappa shape index (κ3) is 8.17. The molecule has 114 valence electrons. The van der Waals surface area contributed by atoms with Gasteiger partial charge in [-0.3, -0.25) is 0 Å². The van der Waals surface area contributed by atoms with Crippen LogP contribution < -0.4 is 10.1 Å². The van der Waals surface area contributed by atoms with Gasteiger partial charge in [0.1, 0.15) is 22.2 Å². The molecule has 0 saturated heterocycles. The Labute approximate surface area is 122 Å². The summed E-state index contributed by atoms with van der Waals surface area (Å²) in [4.78, 5) is 0. The Balaban J connectivity index is 2.39. The average Bonchev–Trinajstić information content (AvgIpc) is 2.41. The van der Waals surface area contributed by atoms with Crippen LogP contribution in [-0.2, 0) is 9.84 Å². The third-order valence-corrected chi connectivity index (χ3v) is 3.98. The highest BCUT2D eigenvalue weighted by Crippen LogP contribution is 2.10. The van der Waals surface area contributed by atoms with Gasteiger partial charge in [0.2, 0.25) is 0 Å². The number of sulfone groups is 1. The van der Waals surface area contributed by atoms with Crippen molar-refractivity contribution >= 4 is 9.84 Å². The Morgan fingerprint density at radius 1 is 1.25 bits per heavy atom. The lowest BCUT2D eigenvalue weighted by Gasteiger charge is -2.19. The molecule has 1 N–H and O–H groups in total. The van der Waals surface area contributed by atoms with E-state index in [1.54, 1.807) is 0 Å². The van der Waals surface area contributed by atoms with Crippen molar-refractivity contribution in [3.05, 3.63) is 30.3 Å². The zero-order valence-corrected chi connectivity index (χ0v) is 13.2. The van der Waals surface area contributed by atoms with E-state index in [-0.39, 0.29) is 11.8 Å². The number of ether oxygens (including phenoxy) is 1. The Kier molecular flexibility index (Phi) is 7.62. The molecule has 1 atom stereocenters. The van der Waals surface area contributed by atoms with Crippen molar-refractivity contribution in [2.24, 2.45) is 0 Å². The highest BCUT2D eigenvalue weighted by Gasteiger charge is 2.10. The second kappa shape index (κ2) is 8.97. The first-order chi connectivity index (χ1) is 9.51. The van der Waals surface area contributed by atoms with E-state index in [9.17, 15) is 8.42 Å². The van der Waals surface area contributed by atoms with Gasteiger partial charge in [-0.2, -0.15) is 0 Å². The van der Waals surface area contributed by atoms with Crippen molar-refractivity contribution in [1.29, 1.82) is 0 Å². The lowest BCUT2D eigenvalue weighted by Crippen LogP contribution is -2.35. The summed E-state index contributed by atoms with van der Waals surface area (Å²) in [6.45, 7) is 3.59. The summed E-state index contributed by atoms with van der Waals surface area (Å²) in [6, 6.07) is 9.87. The van der Waals surface area contributed by atoms with Gasteiger partial charge in [0.05, 0.1) is 0 Å². The Bertz CT molecular complexity index is 459. The molecule has 0 fully saturated rings. The quantitative estimate of drug-likeness (QED) is 0.720. The normalized spacial score (nSPS) is 13.1. The SMILES string of the molecule is CCCNC(CCCS(C)(=O)=O)COc1ccccc1. The Hall–Kier alpha value is -1.07. The molecule has 20 heavy (non-hydrogen) atoms. The minimum absolute atomic E-state index is 0.192. The van der Waals surface area contributed by atoms with Gasteiger partial charge in [-0.1, -0.05) is 25.1 Å². The first-order valence-electron chi connectivity index (χ1n) is 7.10. The number of hydrogen-bond acceptors (Lipinski definition) is 4. The molecule has 1 aromatic carbocycles. The fraction of sp³-hybridized carbons (Fsp3) is 0.600. The van der Waals surface area contributed by atoms with Gasteiger partial charge >= 0.3 is 0 Å². The molecule has 5 heteroatoms. The molecule has 0 aromatic heterocycles. The second-order valence-corrected chi connectivity index (χ2v) is 7.31. The smallest absolute Gasteiger partial charge is 0.147 e. The van der Waals surface area contributed by atoms with Crippen LogP contribution in [0.3, 0.4) is 0 Å². The summed E-state index contributed by atoms with van der Waals surface area (Å²) >= 11 is 0. The van der Waals surface area contributed by atoms with Crippen LogP contribution in [0.2, 0.25) is 0 Å². The fourth-order valence-electron chi connectivity index (χ4n) is 1.90. The standard InChI is InChI=1S/C15H25NO3S/c1-3-11-16-14(8-7-12-20(2,17)18)13-19-15-9-5-4-6-10-15/h4-6,9-10,14,16H,3,7-8,11-13H2,1-2H3. The van der Waals surface area contributed by atoms with Gasteiger partial charge in [-0.05, 0) is 37.9 Å². The summed E-state index contributed by atoms with van der Waals surface area (Å²) in [5, 5.41) is 3.41. The number of para-hydroxylation sites is 1. The molecule has 0 aliphatic heterocycles. The molecule has 1 rings (SSSR count). The van der Waals surface area contributed by atoms with Gasteiger partial charge in [-0.25, -0.2) is 8.42 Å². The van der Waals surface area contributed by atoms with Crippen LogP contribution in [0.1, 0.15) is 26.2 Å². The van der Waals surface area contributed by atoms with Crippen molar-refractivity contribution in [2.45, 2.75) is 32.2 Å². The number of hydrogen-bond donors (Lipinski definition) is 1. The highest BCUT2D eigenvalue weighted by atomic mass is 32.2. The van der Waals surface area contributed by atoms with Crippen molar-refractivity contribution in [3.8, 4) is 5.75 Å². The maximum absolute atomic E-state index is 11.2. The van der Waals surface area contributed by atoms with Crippen LogP contribution in [-0.4, -0.2) is 39.6 Å². The molecule has 0 radical (unpaired) electrons. The Morgan fingerprint density at radius 3 is 2.55 bits per heavy atom. The van der Waals surface area contributed by atoms with E-state index >= 15 is 0 Å². The molecule has 4 nitrogen and oxygen atoms in total. The maximum Gasteiger partial charge on any atom is 0.147 e. The molecule has 0 heterocycles. The Morgan fingerprint density at radius 2 is 1.95 bits per heavy atom. The molecular weight excluding hydrogens is 274 g/mol. The molecule has 0 spiro atoms. The van der Waals surface area contributed by atoms with Gasteiger partial charge in [0.25, 0.3) is 0 Å². The number of rotatable bonds is 10. The molecular formula is C15H25NO3S. The second-order valence-electron chi connectivity index (χ2n) is 5.05. The third-order valence-electron chi connectivity index (χ3n) is 2.95. The van der Waals surface area contributed by atoms with Crippen LogP contribution in [0.25, 0.3) is 0 Å². The van der Waals surface area contributed by atoms with E-state index in [1.807, 2.05) is 30.3 Å². The monoisotopic (exact) mass is 299 g/mol. The number of benzene rings is 1. The van der Waals surface area contributed by atoms with E-state index in [0.717, 1.165) is 25.1 Å². The van der Waals surface area contributed by atoms with E-state index < -0.39 is 9.84 Å². The van der Waals surface area contributed by atoms with Crippen LogP contribution in [0.5, 0.6) is 5.75 Å².